The Morgan fingerprint density at radius 3 is 2.60 bits per heavy atom. The molecule has 112 valence electrons. The van der Waals surface area contributed by atoms with E-state index in [9.17, 15) is 18.0 Å². The number of nitrogen functional groups attached to an aromatic ring is 1. The Bertz CT molecular complexity index is 492. The Kier molecular flexibility index (Phi) is 5.14. The van der Waals surface area contributed by atoms with E-state index in [2.05, 4.69) is 9.72 Å². The van der Waals surface area contributed by atoms with Crippen LogP contribution in [0.25, 0.3) is 0 Å². The minimum atomic E-state index is -4.90. The van der Waals surface area contributed by atoms with E-state index in [1.54, 1.807) is 6.92 Å². The number of pyridine rings is 1. The van der Waals surface area contributed by atoms with Crippen molar-refractivity contribution in [1.29, 1.82) is 0 Å². The first-order valence-corrected chi connectivity index (χ1v) is 5.66. The van der Waals surface area contributed by atoms with Crippen LogP contribution in [0.3, 0.4) is 0 Å². The lowest BCUT2D eigenvalue weighted by Gasteiger charge is -2.15. The van der Waals surface area contributed by atoms with Crippen LogP contribution in [0.15, 0.2) is 6.07 Å². The van der Waals surface area contributed by atoms with Crippen molar-refractivity contribution in [3.05, 3.63) is 17.5 Å². The van der Waals surface area contributed by atoms with E-state index in [0.717, 1.165) is 6.07 Å². The standard InChI is InChI=1S/C11H14F3N3O3/c1-2-19-9(18)4-6-3-7(16)10(8(5-15)17-6)20-11(12,13)14/h3H,2,4-5,15H2,1H3,(H2,16,17). The molecular weight excluding hydrogens is 279 g/mol. The van der Waals surface area contributed by atoms with Crippen LogP contribution < -0.4 is 16.2 Å². The summed E-state index contributed by atoms with van der Waals surface area (Å²) in [6, 6.07) is 1.12. The minimum Gasteiger partial charge on any atom is -0.466 e. The summed E-state index contributed by atoms with van der Waals surface area (Å²) in [7, 11) is 0. The third kappa shape index (κ3) is 4.57. The molecule has 20 heavy (non-hydrogen) atoms. The van der Waals surface area contributed by atoms with Crippen molar-refractivity contribution in [3.63, 3.8) is 0 Å². The fraction of sp³-hybridized carbons (Fsp3) is 0.455. The van der Waals surface area contributed by atoms with E-state index in [4.69, 9.17) is 16.2 Å². The van der Waals surface area contributed by atoms with E-state index >= 15 is 0 Å². The molecule has 1 heterocycles. The summed E-state index contributed by atoms with van der Waals surface area (Å²) in [4.78, 5) is 15.1. The molecule has 0 aliphatic carbocycles. The van der Waals surface area contributed by atoms with Gasteiger partial charge in [0, 0.05) is 6.54 Å². The average molecular weight is 293 g/mol. The van der Waals surface area contributed by atoms with E-state index in [1.807, 2.05) is 0 Å². The Balaban J connectivity index is 3.04. The van der Waals surface area contributed by atoms with Crippen molar-refractivity contribution in [2.24, 2.45) is 5.73 Å². The molecule has 0 fully saturated rings. The fourth-order valence-electron chi connectivity index (χ4n) is 1.49. The summed E-state index contributed by atoms with van der Waals surface area (Å²) in [6.45, 7) is 1.50. The second-order valence-corrected chi connectivity index (χ2v) is 3.71. The highest BCUT2D eigenvalue weighted by atomic mass is 19.4. The number of anilines is 1. The van der Waals surface area contributed by atoms with E-state index < -0.39 is 18.1 Å². The Labute approximate surface area is 112 Å². The number of rotatable bonds is 5. The molecular formula is C11H14F3N3O3. The molecule has 1 aromatic rings. The van der Waals surface area contributed by atoms with Crippen molar-refractivity contribution in [2.75, 3.05) is 12.3 Å². The number of carbonyl (C=O) groups excluding carboxylic acids is 1. The van der Waals surface area contributed by atoms with Gasteiger partial charge in [-0.25, -0.2) is 0 Å². The van der Waals surface area contributed by atoms with Gasteiger partial charge in [-0.15, -0.1) is 13.2 Å². The molecule has 0 aliphatic heterocycles. The van der Waals surface area contributed by atoms with Gasteiger partial charge in [-0.2, -0.15) is 0 Å². The summed E-state index contributed by atoms with van der Waals surface area (Å²) < 4.78 is 45.2. The van der Waals surface area contributed by atoms with Gasteiger partial charge in [0.05, 0.1) is 30.1 Å². The summed E-state index contributed by atoms with van der Waals surface area (Å²) >= 11 is 0. The van der Waals surface area contributed by atoms with Gasteiger partial charge >= 0.3 is 12.3 Å². The van der Waals surface area contributed by atoms with Crippen molar-refractivity contribution >= 4 is 11.7 Å². The molecule has 6 nitrogen and oxygen atoms in total. The maximum absolute atomic E-state index is 12.2. The molecule has 0 amide bonds. The van der Waals surface area contributed by atoms with E-state index in [1.165, 1.54) is 0 Å². The van der Waals surface area contributed by atoms with E-state index in [0.29, 0.717) is 0 Å². The largest absolute Gasteiger partial charge is 0.573 e. The van der Waals surface area contributed by atoms with Crippen molar-refractivity contribution in [3.8, 4) is 5.75 Å². The van der Waals surface area contributed by atoms with Crippen LogP contribution in [0.5, 0.6) is 5.75 Å². The first kappa shape index (κ1) is 16.0. The van der Waals surface area contributed by atoms with Crippen molar-refractivity contribution in [1.82, 2.24) is 4.98 Å². The zero-order valence-corrected chi connectivity index (χ0v) is 10.7. The third-order valence-electron chi connectivity index (χ3n) is 2.17. The second-order valence-electron chi connectivity index (χ2n) is 3.71. The van der Waals surface area contributed by atoms with Gasteiger partial charge in [0.25, 0.3) is 0 Å². The van der Waals surface area contributed by atoms with Crippen LogP contribution in [0, 0.1) is 0 Å². The van der Waals surface area contributed by atoms with Gasteiger partial charge in [-0.05, 0) is 13.0 Å². The molecule has 0 aromatic carbocycles. The predicted molar refractivity (Wildman–Crippen MR) is 63.6 cm³/mol. The molecule has 0 spiro atoms. The number of alkyl halides is 3. The summed E-state index contributed by atoms with van der Waals surface area (Å²) in [5.41, 5.74) is 10.5. The highest BCUT2D eigenvalue weighted by molar-refractivity contribution is 5.72. The molecule has 1 aromatic heterocycles. The van der Waals surface area contributed by atoms with Gasteiger partial charge in [0.1, 0.15) is 0 Å². The normalized spacial score (nSPS) is 11.2. The molecule has 0 unspecified atom stereocenters. The van der Waals surface area contributed by atoms with Crippen molar-refractivity contribution in [2.45, 2.75) is 26.3 Å². The predicted octanol–water partition coefficient (Wildman–Crippen LogP) is 1.13. The molecule has 0 bridgehead atoms. The van der Waals surface area contributed by atoms with Gasteiger partial charge in [0.2, 0.25) is 0 Å². The number of esters is 1. The second kappa shape index (κ2) is 6.42. The number of hydrogen-bond donors (Lipinski definition) is 2. The minimum absolute atomic E-state index is 0.163. The molecule has 0 aliphatic rings. The number of carbonyl (C=O) groups is 1. The van der Waals surface area contributed by atoms with Crippen LogP contribution in [-0.2, 0) is 22.5 Å². The lowest BCUT2D eigenvalue weighted by molar-refractivity contribution is -0.274. The number of nitrogens with two attached hydrogens (primary N) is 2. The summed E-state index contributed by atoms with van der Waals surface area (Å²) in [5.74, 6) is -1.21. The Morgan fingerprint density at radius 1 is 1.45 bits per heavy atom. The number of hydrogen-bond acceptors (Lipinski definition) is 6. The maximum Gasteiger partial charge on any atom is 0.573 e. The lowest BCUT2D eigenvalue weighted by atomic mass is 10.2. The molecule has 0 radical (unpaired) electrons. The van der Waals surface area contributed by atoms with E-state index in [-0.39, 0.29) is 36.6 Å². The van der Waals surface area contributed by atoms with Gasteiger partial charge in [0.15, 0.2) is 5.75 Å². The molecule has 0 saturated heterocycles. The van der Waals surface area contributed by atoms with Gasteiger partial charge in [-0.3, -0.25) is 9.78 Å². The first-order chi connectivity index (χ1) is 9.26. The zero-order chi connectivity index (χ0) is 15.3. The SMILES string of the molecule is CCOC(=O)Cc1cc(N)c(OC(F)(F)F)c(CN)n1. The molecule has 0 saturated carbocycles. The first-order valence-electron chi connectivity index (χ1n) is 5.66. The lowest BCUT2D eigenvalue weighted by Crippen LogP contribution is -2.21. The molecule has 0 atom stereocenters. The quantitative estimate of drug-likeness (QED) is 0.789. The average Bonchev–Trinajstić information content (AvgIpc) is 2.31. The Morgan fingerprint density at radius 2 is 2.10 bits per heavy atom. The Hall–Kier alpha value is -2.03. The number of aromatic nitrogens is 1. The summed E-state index contributed by atoms with van der Waals surface area (Å²) in [6.07, 6.45) is -5.11. The number of ether oxygens (including phenoxy) is 2. The van der Waals surface area contributed by atoms with Crippen LogP contribution in [-0.4, -0.2) is 23.9 Å². The third-order valence-corrected chi connectivity index (χ3v) is 2.17. The maximum atomic E-state index is 12.2. The molecule has 1 rings (SSSR count). The van der Waals surface area contributed by atoms with Crippen LogP contribution >= 0.6 is 0 Å². The van der Waals surface area contributed by atoms with Crippen LogP contribution in [0.1, 0.15) is 18.3 Å². The number of nitrogens with zero attached hydrogens (tertiary/aromatic N) is 1. The van der Waals surface area contributed by atoms with Gasteiger partial charge < -0.3 is 20.9 Å². The summed E-state index contributed by atoms with van der Waals surface area (Å²) in [5, 5.41) is 0. The number of halogens is 3. The highest BCUT2D eigenvalue weighted by Gasteiger charge is 2.33. The topological polar surface area (TPSA) is 100 Å². The van der Waals surface area contributed by atoms with Crippen LogP contribution in [0.4, 0.5) is 18.9 Å². The van der Waals surface area contributed by atoms with Crippen molar-refractivity contribution < 1.29 is 27.4 Å². The smallest absolute Gasteiger partial charge is 0.466 e. The fourth-order valence-corrected chi connectivity index (χ4v) is 1.49. The van der Waals surface area contributed by atoms with Gasteiger partial charge in [-0.1, -0.05) is 0 Å². The monoisotopic (exact) mass is 293 g/mol. The zero-order valence-electron chi connectivity index (χ0n) is 10.7. The molecule has 9 heteroatoms. The molecule has 4 N–H and O–H groups in total. The highest BCUT2D eigenvalue weighted by Crippen LogP contribution is 2.31. The van der Waals surface area contributed by atoms with Crippen LogP contribution in [0.2, 0.25) is 0 Å².